The maximum Gasteiger partial charge on any atom is 0.257 e. The largest absolute Gasteiger partial charge is 0.310 e. The summed E-state index contributed by atoms with van der Waals surface area (Å²) in [4.78, 5) is 32.5. The van der Waals surface area contributed by atoms with Crippen LogP contribution < -0.4 is 10.9 Å². The highest BCUT2D eigenvalue weighted by Crippen LogP contribution is 2.41. The van der Waals surface area contributed by atoms with E-state index < -0.39 is 5.92 Å². The highest BCUT2D eigenvalue weighted by molar-refractivity contribution is 7.98. The molecule has 2 aromatic carbocycles. The quantitative estimate of drug-likeness (QED) is 0.393. The number of carbonyl (C=O) groups excluding carboxylic acids is 1. The van der Waals surface area contributed by atoms with Crippen molar-refractivity contribution in [2.24, 2.45) is 0 Å². The number of H-pyrrole nitrogens is 1. The topological polar surface area (TPSA) is 74.8 Å². The van der Waals surface area contributed by atoms with Gasteiger partial charge in [0.05, 0.1) is 5.56 Å². The molecular formula is C20H14Cl3N3O2S. The predicted molar refractivity (Wildman–Crippen MR) is 117 cm³/mol. The average molecular weight is 467 g/mol. The number of anilines is 1. The first-order valence-electron chi connectivity index (χ1n) is 8.68. The van der Waals surface area contributed by atoms with Crippen LogP contribution in [0.25, 0.3) is 0 Å². The number of amides is 1. The zero-order valence-electron chi connectivity index (χ0n) is 14.8. The molecule has 0 saturated carbocycles. The molecule has 1 aliphatic rings. The van der Waals surface area contributed by atoms with E-state index in [9.17, 15) is 9.59 Å². The third kappa shape index (κ3) is 4.16. The van der Waals surface area contributed by atoms with E-state index in [1.165, 1.54) is 11.8 Å². The van der Waals surface area contributed by atoms with Crippen molar-refractivity contribution in [1.82, 2.24) is 9.97 Å². The summed E-state index contributed by atoms with van der Waals surface area (Å²) in [6, 6.07) is 12.5. The molecule has 3 aromatic rings. The maximum absolute atomic E-state index is 12.9. The summed E-state index contributed by atoms with van der Waals surface area (Å²) in [7, 11) is 0. The second-order valence-corrected chi connectivity index (χ2v) is 8.64. The molecule has 148 valence electrons. The van der Waals surface area contributed by atoms with Gasteiger partial charge < -0.3 is 10.3 Å². The lowest BCUT2D eigenvalue weighted by atomic mass is 9.87. The molecule has 1 aliphatic heterocycles. The fraction of sp³-hybridized carbons (Fsp3) is 0.150. The number of thioether (sulfide) groups is 1. The van der Waals surface area contributed by atoms with Crippen LogP contribution in [-0.4, -0.2) is 15.9 Å². The molecule has 2 N–H and O–H groups in total. The van der Waals surface area contributed by atoms with E-state index in [0.29, 0.717) is 37.1 Å². The molecule has 1 atom stereocenters. The fourth-order valence-electron chi connectivity index (χ4n) is 3.27. The van der Waals surface area contributed by atoms with E-state index >= 15 is 0 Å². The molecule has 0 radical (unpaired) electrons. The molecule has 9 heteroatoms. The summed E-state index contributed by atoms with van der Waals surface area (Å²) in [6.07, 6.45) is 0.0628. The Kier molecular flexibility index (Phi) is 5.88. The van der Waals surface area contributed by atoms with Gasteiger partial charge in [0, 0.05) is 33.2 Å². The Morgan fingerprint density at radius 2 is 1.66 bits per heavy atom. The van der Waals surface area contributed by atoms with Gasteiger partial charge in [-0.05, 0) is 29.3 Å². The lowest BCUT2D eigenvalue weighted by Gasteiger charge is -2.25. The summed E-state index contributed by atoms with van der Waals surface area (Å²) in [6.45, 7) is 0. The van der Waals surface area contributed by atoms with Crippen molar-refractivity contribution in [2.45, 2.75) is 23.2 Å². The van der Waals surface area contributed by atoms with E-state index in [1.54, 1.807) is 24.3 Å². The Bertz CT molecular complexity index is 1150. The molecule has 0 fully saturated rings. The first kappa shape index (κ1) is 20.3. The number of rotatable bonds is 4. The first-order valence-corrected chi connectivity index (χ1v) is 10.8. The summed E-state index contributed by atoms with van der Waals surface area (Å²) >= 11 is 20.2. The Hall–Kier alpha value is -1.99. The lowest BCUT2D eigenvalue weighted by molar-refractivity contribution is -0.116. The van der Waals surface area contributed by atoms with Crippen LogP contribution in [0.4, 0.5) is 5.82 Å². The van der Waals surface area contributed by atoms with Crippen LogP contribution in [0.3, 0.4) is 0 Å². The lowest BCUT2D eigenvalue weighted by Crippen LogP contribution is -2.31. The summed E-state index contributed by atoms with van der Waals surface area (Å²) in [5.74, 6) is -0.0696. The van der Waals surface area contributed by atoms with Gasteiger partial charge in [-0.2, -0.15) is 0 Å². The molecule has 0 saturated heterocycles. The molecule has 0 spiro atoms. The Morgan fingerprint density at radius 3 is 2.38 bits per heavy atom. The Labute approximate surface area is 185 Å². The van der Waals surface area contributed by atoms with Crippen LogP contribution in [0, 0.1) is 0 Å². The number of aromatic amines is 1. The van der Waals surface area contributed by atoms with Crippen LogP contribution in [0.1, 0.15) is 29.0 Å². The molecule has 5 nitrogen and oxygen atoms in total. The minimum atomic E-state index is -0.571. The standard InChI is InChI=1S/C20H14Cl3N3O2S/c21-12-5-2-1-4-10(12)9-29-20-25-18-17(19(28)26-20)11(8-15(27)24-18)16-13(22)6-3-7-14(16)23/h1-7,11H,8-9H2,(H2,24,25,26,27,28). The third-order valence-electron chi connectivity index (χ3n) is 4.60. The minimum Gasteiger partial charge on any atom is -0.310 e. The number of benzene rings is 2. The van der Waals surface area contributed by atoms with Gasteiger partial charge in [-0.15, -0.1) is 0 Å². The Balaban J connectivity index is 1.71. The van der Waals surface area contributed by atoms with E-state index in [1.807, 2.05) is 18.2 Å². The third-order valence-corrected chi connectivity index (χ3v) is 6.55. The van der Waals surface area contributed by atoms with Gasteiger partial charge in [-0.1, -0.05) is 70.8 Å². The van der Waals surface area contributed by atoms with Crippen molar-refractivity contribution in [3.63, 3.8) is 0 Å². The number of aromatic nitrogens is 2. The zero-order valence-corrected chi connectivity index (χ0v) is 17.9. The molecule has 0 aliphatic carbocycles. The summed E-state index contributed by atoms with van der Waals surface area (Å²) < 4.78 is 0. The second kappa shape index (κ2) is 8.40. The van der Waals surface area contributed by atoms with E-state index in [-0.39, 0.29) is 23.7 Å². The highest BCUT2D eigenvalue weighted by Gasteiger charge is 2.33. The average Bonchev–Trinajstić information content (AvgIpc) is 2.66. The van der Waals surface area contributed by atoms with Gasteiger partial charge in [0.2, 0.25) is 5.91 Å². The Morgan fingerprint density at radius 1 is 0.966 bits per heavy atom. The molecule has 1 aromatic heterocycles. The van der Waals surface area contributed by atoms with Crippen molar-refractivity contribution in [1.29, 1.82) is 0 Å². The van der Waals surface area contributed by atoms with Crippen molar-refractivity contribution in [3.8, 4) is 0 Å². The van der Waals surface area contributed by atoms with Crippen LogP contribution in [0.5, 0.6) is 0 Å². The van der Waals surface area contributed by atoms with Crippen molar-refractivity contribution in [3.05, 3.63) is 84.6 Å². The number of hydrogen-bond donors (Lipinski definition) is 2. The van der Waals surface area contributed by atoms with Gasteiger partial charge in [0.15, 0.2) is 5.16 Å². The van der Waals surface area contributed by atoms with Gasteiger partial charge in [0.1, 0.15) is 5.82 Å². The van der Waals surface area contributed by atoms with Gasteiger partial charge in [-0.3, -0.25) is 9.59 Å². The molecule has 4 rings (SSSR count). The number of halogens is 3. The zero-order chi connectivity index (χ0) is 20.5. The molecule has 2 heterocycles. The maximum atomic E-state index is 12.9. The van der Waals surface area contributed by atoms with Gasteiger partial charge >= 0.3 is 0 Å². The smallest absolute Gasteiger partial charge is 0.257 e. The molecular weight excluding hydrogens is 453 g/mol. The molecule has 29 heavy (non-hydrogen) atoms. The van der Waals surface area contributed by atoms with Crippen molar-refractivity contribution >= 4 is 58.3 Å². The summed E-state index contributed by atoms with van der Waals surface area (Å²) in [5.41, 5.74) is 1.49. The first-order chi connectivity index (χ1) is 13.9. The normalized spacial score (nSPS) is 15.7. The number of nitrogens with one attached hydrogen (secondary N) is 2. The number of nitrogens with zero attached hydrogens (tertiary/aromatic N) is 1. The highest BCUT2D eigenvalue weighted by atomic mass is 35.5. The van der Waals surface area contributed by atoms with Crippen LogP contribution >= 0.6 is 46.6 Å². The SMILES string of the molecule is O=C1CC(c2c(Cl)cccc2Cl)c2c(nc(SCc3ccccc3Cl)[nH]c2=O)N1. The minimum absolute atomic E-state index is 0.0628. The van der Waals surface area contributed by atoms with E-state index in [2.05, 4.69) is 15.3 Å². The van der Waals surface area contributed by atoms with Crippen molar-refractivity contribution < 1.29 is 4.79 Å². The van der Waals surface area contributed by atoms with Crippen molar-refractivity contribution in [2.75, 3.05) is 5.32 Å². The van der Waals surface area contributed by atoms with Crippen LogP contribution in [0.15, 0.2) is 52.4 Å². The van der Waals surface area contributed by atoms with Crippen LogP contribution in [0.2, 0.25) is 15.1 Å². The van der Waals surface area contributed by atoms with E-state index in [0.717, 1.165) is 5.56 Å². The number of carbonyl (C=O) groups is 1. The fourth-order valence-corrected chi connectivity index (χ4v) is 5.08. The number of hydrogen-bond acceptors (Lipinski definition) is 4. The molecule has 0 bridgehead atoms. The van der Waals surface area contributed by atoms with Gasteiger partial charge in [0.25, 0.3) is 5.56 Å². The number of fused-ring (bicyclic) bond motifs is 1. The van der Waals surface area contributed by atoms with Crippen LogP contribution in [-0.2, 0) is 10.5 Å². The van der Waals surface area contributed by atoms with E-state index in [4.69, 9.17) is 34.8 Å². The molecule has 1 unspecified atom stereocenters. The second-order valence-electron chi connectivity index (χ2n) is 6.45. The molecule has 1 amide bonds. The monoisotopic (exact) mass is 465 g/mol. The predicted octanol–water partition coefficient (Wildman–Crippen LogP) is 5.50. The summed E-state index contributed by atoms with van der Waals surface area (Å²) in [5, 5.41) is 4.53. The van der Waals surface area contributed by atoms with Gasteiger partial charge in [-0.25, -0.2) is 4.98 Å².